The molecule has 1 heterocycles. The summed E-state index contributed by atoms with van der Waals surface area (Å²) in [6.07, 6.45) is 3.15. The molecule has 0 radical (unpaired) electrons. The molecule has 3 rings (SSSR count). The lowest BCUT2D eigenvalue weighted by atomic mass is 10.2. The summed E-state index contributed by atoms with van der Waals surface area (Å²) in [7, 11) is 3.09. The Balaban J connectivity index is 2.16. The second-order valence-electron chi connectivity index (χ2n) is 5.51. The molecule has 0 saturated heterocycles. The van der Waals surface area contributed by atoms with Crippen molar-refractivity contribution in [1.82, 2.24) is 9.97 Å². The molecule has 0 fully saturated rings. The van der Waals surface area contributed by atoms with E-state index in [4.69, 9.17) is 9.47 Å². The van der Waals surface area contributed by atoms with Crippen LogP contribution >= 0.6 is 0 Å². The van der Waals surface area contributed by atoms with Gasteiger partial charge in [0.2, 0.25) is 0 Å². The number of benzene rings is 2. The summed E-state index contributed by atoms with van der Waals surface area (Å²) < 4.78 is 10.5. The van der Waals surface area contributed by atoms with Crippen LogP contribution in [0.2, 0.25) is 0 Å². The summed E-state index contributed by atoms with van der Waals surface area (Å²) in [5.74, 6) is 1.22. The molecule has 26 heavy (non-hydrogen) atoms. The largest absolute Gasteiger partial charge is 0.496 e. The van der Waals surface area contributed by atoms with Crippen molar-refractivity contribution in [2.75, 3.05) is 14.2 Å². The first-order valence-electron chi connectivity index (χ1n) is 7.94. The molecule has 6 nitrogen and oxygen atoms in total. The number of rotatable bonds is 4. The van der Waals surface area contributed by atoms with Crippen LogP contribution in [0.1, 0.15) is 11.1 Å². The van der Waals surface area contributed by atoms with Crippen molar-refractivity contribution in [2.45, 2.75) is 0 Å². The Labute approximate surface area is 149 Å². The Morgan fingerprint density at radius 2 is 1.08 bits per heavy atom. The highest BCUT2D eigenvalue weighted by molar-refractivity contribution is 5.57. The molecule has 132 valence electrons. The first kappa shape index (κ1) is 17.3. The number of aromatic nitrogens is 2. The van der Waals surface area contributed by atoms with Crippen LogP contribution in [0.4, 0.5) is 0 Å². The number of ether oxygens (including phenoxy) is 2. The Bertz CT molecular complexity index is 1070. The van der Waals surface area contributed by atoms with Crippen molar-refractivity contribution >= 4 is 12.2 Å². The third-order valence-corrected chi connectivity index (χ3v) is 3.86. The maximum Gasteiger partial charge on any atom is 0.272 e. The van der Waals surface area contributed by atoms with Crippen LogP contribution in [-0.2, 0) is 0 Å². The molecule has 0 saturated carbocycles. The highest BCUT2D eigenvalue weighted by Gasteiger charge is 2.02. The van der Waals surface area contributed by atoms with Gasteiger partial charge in [0.1, 0.15) is 22.2 Å². The average Bonchev–Trinajstić information content (AvgIpc) is 2.66. The van der Waals surface area contributed by atoms with E-state index < -0.39 is 11.1 Å². The van der Waals surface area contributed by atoms with Crippen molar-refractivity contribution in [3.05, 3.63) is 91.1 Å². The van der Waals surface area contributed by atoms with Gasteiger partial charge in [0.25, 0.3) is 11.1 Å². The molecule has 0 aliphatic carbocycles. The molecule has 0 spiro atoms. The smallest absolute Gasteiger partial charge is 0.272 e. The van der Waals surface area contributed by atoms with E-state index in [1.165, 1.54) is 0 Å². The number of para-hydroxylation sites is 2. The van der Waals surface area contributed by atoms with E-state index in [1.54, 1.807) is 50.6 Å². The Kier molecular flexibility index (Phi) is 5.03. The number of methoxy groups -OCH3 is 2. The molecule has 0 bridgehead atoms. The fourth-order valence-electron chi connectivity index (χ4n) is 2.58. The van der Waals surface area contributed by atoms with E-state index in [0.29, 0.717) is 22.6 Å². The van der Waals surface area contributed by atoms with Crippen molar-refractivity contribution < 1.29 is 9.47 Å². The third-order valence-electron chi connectivity index (χ3n) is 3.86. The van der Waals surface area contributed by atoms with Crippen LogP contribution in [0, 0.1) is 0 Å². The van der Waals surface area contributed by atoms with Gasteiger partial charge in [0.15, 0.2) is 0 Å². The maximum absolute atomic E-state index is 12.4. The predicted octanol–water partition coefficient (Wildman–Crippen LogP) is 0.738. The van der Waals surface area contributed by atoms with Gasteiger partial charge in [-0.3, -0.25) is 9.59 Å². The second-order valence-corrected chi connectivity index (χ2v) is 5.51. The minimum atomic E-state index is -0.406. The molecule has 0 atom stereocenters. The van der Waals surface area contributed by atoms with Gasteiger partial charge >= 0.3 is 0 Å². The van der Waals surface area contributed by atoms with Crippen molar-refractivity contribution in [2.24, 2.45) is 0 Å². The first-order chi connectivity index (χ1) is 12.6. The maximum atomic E-state index is 12.4. The number of nitrogens with one attached hydrogen (secondary N) is 2. The molecular weight excluding hydrogens is 332 g/mol. The normalized spacial score (nSPS) is 12.2. The highest BCUT2D eigenvalue weighted by Crippen LogP contribution is 2.17. The van der Waals surface area contributed by atoms with Gasteiger partial charge in [-0.25, -0.2) is 0 Å². The van der Waals surface area contributed by atoms with Crippen molar-refractivity contribution in [3.63, 3.8) is 0 Å². The Hall–Kier alpha value is -3.54. The average molecular weight is 350 g/mol. The number of hydrogen-bond acceptors (Lipinski definition) is 4. The van der Waals surface area contributed by atoms with Crippen molar-refractivity contribution in [3.8, 4) is 11.5 Å². The molecule has 1 aromatic heterocycles. The van der Waals surface area contributed by atoms with E-state index in [-0.39, 0.29) is 10.7 Å². The number of hydrogen-bond donors (Lipinski definition) is 2. The van der Waals surface area contributed by atoms with Gasteiger partial charge < -0.3 is 19.4 Å². The zero-order chi connectivity index (χ0) is 18.5. The summed E-state index contributed by atoms with van der Waals surface area (Å²) in [5.41, 5.74) is 0.573. The predicted molar refractivity (Wildman–Crippen MR) is 100 cm³/mol. The van der Waals surface area contributed by atoms with Crippen LogP contribution < -0.4 is 31.3 Å². The Morgan fingerprint density at radius 3 is 1.46 bits per heavy atom. The fraction of sp³-hybridized carbons (Fsp3) is 0.100. The van der Waals surface area contributed by atoms with Crippen molar-refractivity contribution in [1.29, 1.82) is 0 Å². The summed E-state index contributed by atoms with van der Waals surface area (Å²) in [4.78, 5) is 30.0. The van der Waals surface area contributed by atoms with Crippen LogP contribution in [0.25, 0.3) is 12.2 Å². The standard InChI is InChI=1S/C20H18N2O4/c1-25-17-9-5-3-7-13(17)11-15-19(23)22-16(20(24)21-15)12-14-8-4-6-10-18(14)26-2/h3-12H,1-2H3,(H,21,24)(H,22,23)/b15-11-,16-12+. The van der Waals surface area contributed by atoms with E-state index in [9.17, 15) is 9.59 Å². The zero-order valence-electron chi connectivity index (χ0n) is 14.4. The second kappa shape index (κ2) is 7.57. The number of aromatic amines is 2. The van der Waals surface area contributed by atoms with Crippen LogP contribution in [0.3, 0.4) is 0 Å². The number of H-pyrrole nitrogens is 2. The third kappa shape index (κ3) is 3.59. The molecule has 0 unspecified atom stereocenters. The summed E-state index contributed by atoms with van der Waals surface area (Å²) in [6, 6.07) is 14.5. The first-order valence-corrected chi connectivity index (χ1v) is 7.94. The summed E-state index contributed by atoms with van der Waals surface area (Å²) >= 11 is 0. The molecule has 0 aliphatic heterocycles. The molecule has 2 N–H and O–H groups in total. The molecule has 0 aliphatic rings. The van der Waals surface area contributed by atoms with Crippen LogP contribution in [-0.4, -0.2) is 24.2 Å². The molecule has 6 heteroatoms. The molecule has 2 aromatic carbocycles. The SMILES string of the molecule is COc1ccccc1/C=c1\[nH]c(=O)/c(=C\c2ccccc2OC)[nH]c1=O. The lowest BCUT2D eigenvalue weighted by Crippen LogP contribution is -2.46. The highest BCUT2D eigenvalue weighted by atomic mass is 16.5. The van der Waals surface area contributed by atoms with Gasteiger partial charge in [-0.05, 0) is 24.3 Å². The summed E-state index contributed by atoms with van der Waals surface area (Å²) in [5, 5.41) is 0.299. The quantitative estimate of drug-likeness (QED) is 0.727. The lowest BCUT2D eigenvalue weighted by Gasteiger charge is -2.03. The Morgan fingerprint density at radius 1 is 0.692 bits per heavy atom. The van der Waals surface area contributed by atoms with Gasteiger partial charge in [0.05, 0.1) is 14.2 Å². The summed E-state index contributed by atoms with van der Waals surface area (Å²) in [6.45, 7) is 0. The minimum Gasteiger partial charge on any atom is -0.496 e. The van der Waals surface area contributed by atoms with Gasteiger partial charge in [-0.2, -0.15) is 0 Å². The fourth-order valence-corrected chi connectivity index (χ4v) is 2.58. The lowest BCUT2D eigenvalue weighted by molar-refractivity contribution is 0.413. The van der Waals surface area contributed by atoms with E-state index in [2.05, 4.69) is 9.97 Å². The van der Waals surface area contributed by atoms with Gasteiger partial charge in [0, 0.05) is 11.1 Å². The van der Waals surface area contributed by atoms with Crippen LogP contribution in [0.5, 0.6) is 11.5 Å². The molecule has 3 aromatic rings. The topological polar surface area (TPSA) is 84.2 Å². The van der Waals surface area contributed by atoms with Gasteiger partial charge in [-0.15, -0.1) is 0 Å². The van der Waals surface area contributed by atoms with E-state index in [0.717, 1.165) is 0 Å². The van der Waals surface area contributed by atoms with Gasteiger partial charge in [-0.1, -0.05) is 36.4 Å². The van der Waals surface area contributed by atoms with E-state index >= 15 is 0 Å². The minimum absolute atomic E-state index is 0.150. The molecule has 0 amide bonds. The molecular formula is C20H18N2O4. The van der Waals surface area contributed by atoms with E-state index in [1.807, 2.05) is 24.3 Å². The monoisotopic (exact) mass is 350 g/mol. The van der Waals surface area contributed by atoms with Crippen LogP contribution in [0.15, 0.2) is 58.1 Å². The zero-order valence-corrected chi connectivity index (χ0v) is 14.4.